The van der Waals surface area contributed by atoms with Crippen LogP contribution in [0, 0.1) is 0 Å². The molecule has 1 rings (SSSR count). The van der Waals surface area contributed by atoms with Crippen molar-refractivity contribution < 1.29 is 9.84 Å². The second-order valence-electron chi connectivity index (χ2n) is 3.28. The summed E-state index contributed by atoms with van der Waals surface area (Å²) < 4.78 is 6.95. The first-order valence-corrected chi connectivity index (χ1v) is 5.23. The quantitative estimate of drug-likeness (QED) is 0.644. The van der Waals surface area contributed by atoms with Crippen LogP contribution in [-0.2, 0) is 18.2 Å². The maximum atomic E-state index is 8.51. The van der Waals surface area contributed by atoms with E-state index in [2.05, 4.69) is 17.3 Å². The van der Waals surface area contributed by atoms with Gasteiger partial charge in [0.2, 0.25) is 0 Å². The molecule has 2 N–H and O–H groups in total. The lowest BCUT2D eigenvalue weighted by molar-refractivity contribution is 0.0992. The predicted molar refractivity (Wildman–Crippen MR) is 59.0 cm³/mol. The van der Waals surface area contributed by atoms with Gasteiger partial charge < -0.3 is 15.2 Å². The van der Waals surface area contributed by atoms with E-state index in [1.54, 1.807) is 4.68 Å². The van der Waals surface area contributed by atoms with Crippen molar-refractivity contribution >= 4 is 5.69 Å². The lowest BCUT2D eigenvalue weighted by Crippen LogP contribution is -2.11. The molecule has 0 aliphatic carbocycles. The molecule has 0 aromatic carbocycles. The summed E-state index contributed by atoms with van der Waals surface area (Å²) >= 11 is 0. The third-order valence-electron chi connectivity index (χ3n) is 2.04. The van der Waals surface area contributed by atoms with Crippen LogP contribution < -0.4 is 5.32 Å². The number of ether oxygens (including phenoxy) is 1. The van der Waals surface area contributed by atoms with Crippen molar-refractivity contribution in [3.63, 3.8) is 0 Å². The van der Waals surface area contributed by atoms with Crippen molar-refractivity contribution in [2.75, 3.05) is 31.7 Å². The van der Waals surface area contributed by atoms with E-state index < -0.39 is 0 Å². The SMILES string of the molecule is CCc1nn(C)cc1NCCOCCO. The minimum Gasteiger partial charge on any atom is -0.394 e. The maximum absolute atomic E-state index is 8.51. The summed E-state index contributed by atoms with van der Waals surface area (Å²) in [7, 11) is 1.91. The third-order valence-corrected chi connectivity index (χ3v) is 2.04. The number of hydrogen-bond donors (Lipinski definition) is 2. The van der Waals surface area contributed by atoms with Gasteiger partial charge in [-0.25, -0.2) is 0 Å². The Labute approximate surface area is 90.1 Å². The van der Waals surface area contributed by atoms with Crippen LogP contribution in [0.1, 0.15) is 12.6 Å². The average Bonchev–Trinajstić information content (AvgIpc) is 2.59. The Morgan fingerprint density at radius 3 is 3.00 bits per heavy atom. The topological polar surface area (TPSA) is 59.3 Å². The number of aryl methyl sites for hydroxylation is 2. The fraction of sp³-hybridized carbons (Fsp3) is 0.700. The van der Waals surface area contributed by atoms with Gasteiger partial charge >= 0.3 is 0 Å². The molecule has 0 atom stereocenters. The smallest absolute Gasteiger partial charge is 0.0853 e. The molecule has 0 unspecified atom stereocenters. The van der Waals surface area contributed by atoms with Gasteiger partial charge in [0.15, 0.2) is 0 Å². The lowest BCUT2D eigenvalue weighted by Gasteiger charge is -2.05. The van der Waals surface area contributed by atoms with E-state index in [9.17, 15) is 0 Å². The number of aromatic nitrogens is 2. The fourth-order valence-electron chi connectivity index (χ4n) is 1.37. The summed E-state index contributed by atoms with van der Waals surface area (Å²) in [6.07, 6.45) is 2.88. The number of aliphatic hydroxyl groups is 1. The summed E-state index contributed by atoms with van der Waals surface area (Å²) in [6, 6.07) is 0. The molecular formula is C10H19N3O2. The molecule has 0 aliphatic heterocycles. The number of rotatable bonds is 7. The minimum absolute atomic E-state index is 0.0765. The van der Waals surface area contributed by atoms with Crippen molar-refractivity contribution in [3.05, 3.63) is 11.9 Å². The molecule has 0 bridgehead atoms. The Kier molecular flexibility index (Phi) is 5.14. The first-order valence-electron chi connectivity index (χ1n) is 5.23. The molecule has 86 valence electrons. The summed E-state index contributed by atoms with van der Waals surface area (Å²) in [5.41, 5.74) is 2.13. The highest BCUT2D eigenvalue weighted by Crippen LogP contribution is 2.12. The van der Waals surface area contributed by atoms with Crippen molar-refractivity contribution in [2.24, 2.45) is 7.05 Å². The Balaban J connectivity index is 2.30. The largest absolute Gasteiger partial charge is 0.394 e. The first kappa shape index (κ1) is 12.0. The van der Waals surface area contributed by atoms with Gasteiger partial charge in [-0.3, -0.25) is 4.68 Å². The lowest BCUT2D eigenvalue weighted by atomic mass is 10.3. The third kappa shape index (κ3) is 3.89. The highest BCUT2D eigenvalue weighted by molar-refractivity contribution is 5.46. The van der Waals surface area contributed by atoms with Crippen LogP contribution >= 0.6 is 0 Å². The predicted octanol–water partition coefficient (Wildman–Crippen LogP) is 0.403. The highest BCUT2D eigenvalue weighted by Gasteiger charge is 2.03. The molecule has 5 heteroatoms. The number of aliphatic hydroxyl groups excluding tert-OH is 1. The first-order chi connectivity index (χ1) is 7.27. The van der Waals surface area contributed by atoms with Crippen LogP contribution in [0.5, 0.6) is 0 Å². The molecule has 5 nitrogen and oxygen atoms in total. The van der Waals surface area contributed by atoms with Gasteiger partial charge in [0.1, 0.15) is 0 Å². The highest BCUT2D eigenvalue weighted by atomic mass is 16.5. The standard InChI is InChI=1S/C10H19N3O2/c1-3-9-10(8-13(2)12-9)11-4-6-15-7-5-14/h8,11,14H,3-7H2,1-2H3. The zero-order valence-electron chi connectivity index (χ0n) is 9.36. The van der Waals surface area contributed by atoms with Crippen LogP contribution in [0.2, 0.25) is 0 Å². The van der Waals surface area contributed by atoms with Crippen LogP contribution in [0.25, 0.3) is 0 Å². The zero-order chi connectivity index (χ0) is 11.1. The summed E-state index contributed by atoms with van der Waals surface area (Å²) in [5, 5.41) is 16.1. The number of nitrogens with one attached hydrogen (secondary N) is 1. The van der Waals surface area contributed by atoms with Crippen molar-refractivity contribution in [1.29, 1.82) is 0 Å². The van der Waals surface area contributed by atoms with E-state index in [4.69, 9.17) is 9.84 Å². The molecule has 0 saturated carbocycles. The number of hydrogen-bond acceptors (Lipinski definition) is 4. The van der Waals surface area contributed by atoms with E-state index in [1.807, 2.05) is 13.2 Å². The Bertz CT molecular complexity index is 286. The maximum Gasteiger partial charge on any atom is 0.0853 e. The van der Waals surface area contributed by atoms with Gasteiger partial charge in [0, 0.05) is 19.8 Å². The fourth-order valence-corrected chi connectivity index (χ4v) is 1.37. The van der Waals surface area contributed by atoms with Crippen molar-refractivity contribution in [3.8, 4) is 0 Å². The average molecular weight is 213 g/mol. The van der Waals surface area contributed by atoms with E-state index in [-0.39, 0.29) is 6.61 Å². The Morgan fingerprint density at radius 1 is 1.53 bits per heavy atom. The number of anilines is 1. The Hall–Kier alpha value is -1.07. The molecule has 1 heterocycles. The van der Waals surface area contributed by atoms with Gasteiger partial charge in [0.25, 0.3) is 0 Å². The monoisotopic (exact) mass is 213 g/mol. The summed E-state index contributed by atoms with van der Waals surface area (Å²) in [5.74, 6) is 0. The molecule has 1 aromatic rings. The normalized spacial score (nSPS) is 10.6. The molecular weight excluding hydrogens is 194 g/mol. The Morgan fingerprint density at radius 2 is 2.33 bits per heavy atom. The second kappa shape index (κ2) is 6.42. The molecule has 15 heavy (non-hydrogen) atoms. The van der Waals surface area contributed by atoms with Crippen molar-refractivity contribution in [2.45, 2.75) is 13.3 Å². The van der Waals surface area contributed by atoms with E-state index in [0.29, 0.717) is 13.2 Å². The summed E-state index contributed by atoms with van der Waals surface area (Å²) in [6.45, 7) is 3.88. The molecule has 0 saturated heterocycles. The minimum atomic E-state index is 0.0765. The molecule has 1 aromatic heterocycles. The van der Waals surface area contributed by atoms with E-state index in [1.165, 1.54) is 0 Å². The van der Waals surface area contributed by atoms with Gasteiger partial charge in [-0.05, 0) is 6.42 Å². The second-order valence-corrected chi connectivity index (χ2v) is 3.28. The van der Waals surface area contributed by atoms with Gasteiger partial charge in [-0.2, -0.15) is 5.10 Å². The van der Waals surface area contributed by atoms with Crippen LogP contribution in [0.4, 0.5) is 5.69 Å². The van der Waals surface area contributed by atoms with Gasteiger partial charge in [-0.15, -0.1) is 0 Å². The summed E-state index contributed by atoms with van der Waals surface area (Å²) in [4.78, 5) is 0. The number of nitrogens with zero attached hydrogens (tertiary/aromatic N) is 2. The van der Waals surface area contributed by atoms with E-state index in [0.717, 1.165) is 24.3 Å². The van der Waals surface area contributed by atoms with E-state index >= 15 is 0 Å². The van der Waals surface area contributed by atoms with Crippen LogP contribution in [0.3, 0.4) is 0 Å². The molecule has 0 fully saturated rings. The molecule has 0 amide bonds. The molecule has 0 spiro atoms. The zero-order valence-corrected chi connectivity index (χ0v) is 9.36. The van der Waals surface area contributed by atoms with Gasteiger partial charge in [-0.1, -0.05) is 6.92 Å². The van der Waals surface area contributed by atoms with Crippen LogP contribution in [-0.4, -0.2) is 41.3 Å². The van der Waals surface area contributed by atoms with Gasteiger partial charge in [0.05, 0.1) is 31.2 Å². The molecule has 0 radical (unpaired) electrons. The van der Waals surface area contributed by atoms with Crippen molar-refractivity contribution in [1.82, 2.24) is 9.78 Å². The van der Waals surface area contributed by atoms with Crippen LogP contribution in [0.15, 0.2) is 6.20 Å². The molecule has 0 aliphatic rings.